The van der Waals surface area contributed by atoms with E-state index >= 15 is 0 Å². The molecule has 144 valence electrons. The number of amides is 1. The van der Waals surface area contributed by atoms with Gasteiger partial charge in [-0.1, -0.05) is 0 Å². The van der Waals surface area contributed by atoms with Crippen molar-refractivity contribution in [2.45, 2.75) is 24.2 Å². The highest BCUT2D eigenvalue weighted by Crippen LogP contribution is 2.41. The van der Waals surface area contributed by atoms with Crippen molar-refractivity contribution in [1.82, 2.24) is 0 Å². The number of piperidine rings is 1. The minimum absolute atomic E-state index is 0.0331. The van der Waals surface area contributed by atoms with Crippen LogP contribution in [0.2, 0.25) is 0 Å². The lowest BCUT2D eigenvalue weighted by Gasteiger charge is -2.45. The van der Waals surface area contributed by atoms with Crippen molar-refractivity contribution in [3.8, 4) is 0 Å². The zero-order valence-corrected chi connectivity index (χ0v) is 14.8. The van der Waals surface area contributed by atoms with Gasteiger partial charge < -0.3 is 24.8 Å². The van der Waals surface area contributed by atoms with E-state index in [1.54, 1.807) is 29.2 Å². The first-order valence-corrected chi connectivity index (χ1v) is 8.37. The Morgan fingerprint density at radius 1 is 1.23 bits per heavy atom. The van der Waals surface area contributed by atoms with E-state index in [2.05, 4.69) is 0 Å². The predicted molar refractivity (Wildman–Crippen MR) is 91.6 cm³/mol. The van der Waals surface area contributed by atoms with E-state index in [4.69, 9.17) is 19.9 Å². The zero-order chi connectivity index (χ0) is 18.9. The summed E-state index contributed by atoms with van der Waals surface area (Å²) in [6, 6.07) is 6.84. The Kier molecular flexibility index (Phi) is 5.05. The van der Waals surface area contributed by atoms with E-state index < -0.39 is 24.3 Å². The number of carbonyl (C=O) groups is 1. The maximum absolute atomic E-state index is 14.5. The van der Waals surface area contributed by atoms with Gasteiger partial charge in [-0.25, -0.2) is 4.79 Å². The fraction of sp³-hybridized carbons (Fsp3) is 0.588. The second-order valence-corrected chi connectivity index (χ2v) is 6.41. The molecular formula is C17H23F2N3O4. The summed E-state index contributed by atoms with van der Waals surface area (Å²) in [6.07, 6.45) is -0.757. The van der Waals surface area contributed by atoms with E-state index in [0.29, 0.717) is 24.5 Å². The number of nitrogens with zero attached hydrogens (tertiary/aromatic N) is 2. The van der Waals surface area contributed by atoms with Crippen molar-refractivity contribution in [1.29, 1.82) is 0 Å². The topological polar surface area (TPSA) is 77.3 Å². The normalized spacial score (nSPS) is 24.7. The largest absolute Gasteiger partial charge is 0.443 e. The molecule has 1 amide bonds. The Morgan fingerprint density at radius 2 is 1.85 bits per heavy atom. The third kappa shape index (κ3) is 3.10. The summed E-state index contributed by atoms with van der Waals surface area (Å²) in [5, 5.41) is 0. The summed E-state index contributed by atoms with van der Waals surface area (Å²) >= 11 is 0. The van der Waals surface area contributed by atoms with Gasteiger partial charge in [-0.3, -0.25) is 4.90 Å². The summed E-state index contributed by atoms with van der Waals surface area (Å²) in [4.78, 5) is 14.9. The molecule has 0 saturated carbocycles. The molecule has 26 heavy (non-hydrogen) atoms. The van der Waals surface area contributed by atoms with E-state index in [1.165, 1.54) is 19.1 Å². The first-order chi connectivity index (χ1) is 12.4. The molecule has 1 unspecified atom stereocenters. The lowest BCUT2D eigenvalue weighted by Crippen LogP contribution is -2.62. The molecule has 0 radical (unpaired) electrons. The SMILES string of the molecule is COC1(OC)CCN(c2ccc(N3CC(CN)OC3=O)cc2)CC1(F)F. The summed E-state index contributed by atoms with van der Waals surface area (Å²) < 4.78 is 44.2. The van der Waals surface area contributed by atoms with Crippen molar-refractivity contribution in [3.05, 3.63) is 24.3 Å². The third-order valence-electron chi connectivity index (χ3n) is 4.98. The molecule has 2 saturated heterocycles. The predicted octanol–water partition coefficient (Wildman–Crippen LogP) is 1.80. The van der Waals surface area contributed by atoms with Crippen LogP contribution in [0.1, 0.15) is 6.42 Å². The van der Waals surface area contributed by atoms with Gasteiger partial charge in [-0.05, 0) is 24.3 Å². The number of carbonyl (C=O) groups excluding carboxylic acids is 1. The average molecular weight is 371 g/mol. The summed E-state index contributed by atoms with van der Waals surface area (Å²) in [6.45, 7) is 0.469. The summed E-state index contributed by atoms with van der Waals surface area (Å²) in [5.41, 5.74) is 6.80. The number of cyclic esters (lactones) is 1. The molecule has 0 bridgehead atoms. The van der Waals surface area contributed by atoms with Crippen LogP contribution in [0.15, 0.2) is 24.3 Å². The van der Waals surface area contributed by atoms with Crippen LogP contribution in [0.5, 0.6) is 0 Å². The Labute approximate surface area is 150 Å². The number of benzene rings is 1. The Bertz CT molecular complexity index is 652. The van der Waals surface area contributed by atoms with Gasteiger partial charge in [0, 0.05) is 45.1 Å². The van der Waals surface area contributed by atoms with Crippen LogP contribution in [-0.2, 0) is 14.2 Å². The fourth-order valence-corrected chi connectivity index (χ4v) is 3.41. The van der Waals surface area contributed by atoms with Crippen molar-refractivity contribution in [3.63, 3.8) is 0 Å². The molecule has 1 aromatic rings. The molecule has 2 N–H and O–H groups in total. The van der Waals surface area contributed by atoms with Gasteiger partial charge in [0.1, 0.15) is 6.10 Å². The van der Waals surface area contributed by atoms with Crippen molar-refractivity contribution in [2.24, 2.45) is 5.73 Å². The van der Waals surface area contributed by atoms with E-state index in [0.717, 1.165) is 0 Å². The minimum Gasteiger partial charge on any atom is -0.443 e. The molecule has 2 aliphatic rings. The number of alkyl halides is 2. The van der Waals surface area contributed by atoms with Gasteiger partial charge in [0.05, 0.1) is 13.1 Å². The van der Waals surface area contributed by atoms with E-state index in [-0.39, 0.29) is 19.1 Å². The van der Waals surface area contributed by atoms with Crippen LogP contribution in [0.25, 0.3) is 0 Å². The van der Waals surface area contributed by atoms with E-state index in [9.17, 15) is 13.6 Å². The van der Waals surface area contributed by atoms with Gasteiger partial charge in [0.2, 0.25) is 5.79 Å². The van der Waals surface area contributed by atoms with Crippen molar-refractivity contribution >= 4 is 17.5 Å². The van der Waals surface area contributed by atoms with Crippen LogP contribution < -0.4 is 15.5 Å². The summed E-state index contributed by atoms with van der Waals surface area (Å²) in [7, 11) is 2.46. The Morgan fingerprint density at radius 3 is 2.35 bits per heavy atom. The van der Waals surface area contributed by atoms with Crippen LogP contribution >= 0.6 is 0 Å². The quantitative estimate of drug-likeness (QED) is 0.796. The molecule has 0 aromatic heterocycles. The second kappa shape index (κ2) is 6.98. The monoisotopic (exact) mass is 371 g/mol. The fourth-order valence-electron chi connectivity index (χ4n) is 3.41. The number of hydrogen-bond acceptors (Lipinski definition) is 6. The third-order valence-corrected chi connectivity index (χ3v) is 4.98. The van der Waals surface area contributed by atoms with Crippen molar-refractivity contribution in [2.75, 3.05) is 50.2 Å². The molecule has 1 atom stereocenters. The van der Waals surface area contributed by atoms with Crippen molar-refractivity contribution < 1.29 is 27.8 Å². The minimum atomic E-state index is -3.17. The maximum Gasteiger partial charge on any atom is 0.414 e. The lowest BCUT2D eigenvalue weighted by atomic mass is 9.98. The van der Waals surface area contributed by atoms with Gasteiger partial charge in [0.15, 0.2) is 0 Å². The van der Waals surface area contributed by atoms with Crippen LogP contribution in [0.4, 0.5) is 25.0 Å². The number of hydrogen-bond donors (Lipinski definition) is 1. The standard InChI is InChI=1S/C17H23F2N3O4/c1-24-17(25-2)7-8-21(11-16(17,18)19)12-3-5-13(6-4-12)22-10-14(9-20)26-15(22)23/h3-6,14H,7-11,20H2,1-2H3. The highest BCUT2D eigenvalue weighted by molar-refractivity contribution is 5.90. The first-order valence-electron chi connectivity index (χ1n) is 8.37. The van der Waals surface area contributed by atoms with Crippen LogP contribution in [-0.4, -0.2) is 64.3 Å². The number of halogens is 2. The molecular weight excluding hydrogens is 348 g/mol. The molecule has 3 rings (SSSR count). The van der Waals surface area contributed by atoms with Crippen LogP contribution in [0.3, 0.4) is 0 Å². The Balaban J connectivity index is 1.73. The molecule has 1 aromatic carbocycles. The highest BCUT2D eigenvalue weighted by atomic mass is 19.3. The second-order valence-electron chi connectivity index (χ2n) is 6.41. The lowest BCUT2D eigenvalue weighted by molar-refractivity contribution is -0.324. The number of nitrogens with two attached hydrogens (primary N) is 1. The molecule has 2 heterocycles. The number of rotatable bonds is 5. The number of ether oxygens (including phenoxy) is 3. The van der Waals surface area contributed by atoms with Crippen LogP contribution in [0, 0.1) is 0 Å². The highest BCUT2D eigenvalue weighted by Gasteiger charge is 2.58. The number of anilines is 2. The van der Waals surface area contributed by atoms with Gasteiger partial charge in [-0.15, -0.1) is 0 Å². The Hall–Kier alpha value is -1.97. The zero-order valence-electron chi connectivity index (χ0n) is 14.8. The molecule has 0 spiro atoms. The van der Waals surface area contributed by atoms with Gasteiger partial charge in [-0.2, -0.15) is 8.78 Å². The molecule has 2 aliphatic heterocycles. The molecule has 9 heteroatoms. The summed E-state index contributed by atoms with van der Waals surface area (Å²) in [5.74, 6) is -5.07. The molecule has 0 aliphatic carbocycles. The molecule has 7 nitrogen and oxygen atoms in total. The maximum atomic E-state index is 14.5. The van der Waals surface area contributed by atoms with Gasteiger partial charge in [0.25, 0.3) is 0 Å². The molecule has 2 fully saturated rings. The van der Waals surface area contributed by atoms with E-state index in [1.807, 2.05) is 0 Å². The first kappa shape index (κ1) is 18.8. The smallest absolute Gasteiger partial charge is 0.414 e. The van der Waals surface area contributed by atoms with Gasteiger partial charge >= 0.3 is 12.0 Å². The number of methoxy groups -OCH3 is 2. The average Bonchev–Trinajstić information content (AvgIpc) is 3.02.